The quantitative estimate of drug-likeness (QED) is 0.516. The molecule has 0 radical (unpaired) electrons. The molecule has 1 saturated heterocycles. The third kappa shape index (κ3) is 4.14. The maximum absolute atomic E-state index is 14.5. The minimum atomic E-state index is -2.06. The van der Waals surface area contributed by atoms with Crippen LogP contribution in [0.2, 0.25) is 5.02 Å². The molecule has 0 amide bonds. The zero-order chi connectivity index (χ0) is 24.6. The maximum atomic E-state index is 14.5. The molecule has 7 nitrogen and oxygen atoms in total. The van der Waals surface area contributed by atoms with Crippen molar-refractivity contribution in [2.75, 3.05) is 20.8 Å². The monoisotopic (exact) mass is 486 g/mol. The van der Waals surface area contributed by atoms with Crippen LogP contribution in [-0.2, 0) is 26.5 Å². The second kappa shape index (κ2) is 9.61. The van der Waals surface area contributed by atoms with E-state index in [2.05, 4.69) is 0 Å². The average molecular weight is 487 g/mol. The number of carbonyl (C=O) groups excluding carboxylic acids is 1. The lowest BCUT2D eigenvalue weighted by Gasteiger charge is -2.52. The van der Waals surface area contributed by atoms with Crippen LogP contribution in [0.25, 0.3) is 0 Å². The lowest BCUT2D eigenvalue weighted by Crippen LogP contribution is -2.67. The molecule has 0 aliphatic carbocycles. The van der Waals surface area contributed by atoms with Gasteiger partial charge in [-0.2, -0.15) is 4.39 Å². The van der Waals surface area contributed by atoms with Crippen LogP contribution in [0, 0.1) is 17.6 Å². The van der Waals surface area contributed by atoms with Crippen molar-refractivity contribution in [1.82, 2.24) is 0 Å². The van der Waals surface area contributed by atoms with E-state index < -0.39 is 47.8 Å². The van der Waals surface area contributed by atoms with Gasteiger partial charge in [0.2, 0.25) is 11.6 Å². The third-order valence-corrected chi connectivity index (χ3v) is 6.63. The predicted molar refractivity (Wildman–Crippen MR) is 114 cm³/mol. The average Bonchev–Trinajstić information content (AvgIpc) is 2.83. The van der Waals surface area contributed by atoms with Crippen molar-refractivity contribution in [3.8, 4) is 5.75 Å². The summed E-state index contributed by atoms with van der Waals surface area (Å²) in [7, 11) is 2.42. The van der Waals surface area contributed by atoms with Crippen molar-refractivity contribution >= 4 is 17.9 Å². The molecule has 1 fully saturated rings. The Bertz CT molecular complexity index is 1040. The smallest absolute Gasteiger partial charge is 0.225 e. The predicted octanol–water partition coefficient (Wildman–Crippen LogP) is 2.33. The molecule has 0 aromatic heterocycles. The van der Waals surface area contributed by atoms with E-state index in [9.17, 15) is 28.9 Å². The van der Waals surface area contributed by atoms with E-state index in [0.29, 0.717) is 11.8 Å². The zero-order valence-corrected chi connectivity index (χ0v) is 19.0. The summed E-state index contributed by atoms with van der Waals surface area (Å²) in [4.78, 5) is 11.9. The molecule has 33 heavy (non-hydrogen) atoms. The number of methoxy groups -OCH3 is 2. The van der Waals surface area contributed by atoms with Crippen LogP contribution in [-0.4, -0.2) is 60.2 Å². The number of carbonyl (C=O) groups is 1. The molecule has 0 spiro atoms. The first-order valence-corrected chi connectivity index (χ1v) is 10.5. The molecule has 1 heterocycles. The minimum absolute atomic E-state index is 0.00446. The number of aliphatic hydroxyl groups excluding tert-OH is 3. The summed E-state index contributed by atoms with van der Waals surface area (Å²) in [5.74, 6) is -5.50. The Morgan fingerprint density at radius 2 is 1.85 bits per heavy atom. The van der Waals surface area contributed by atoms with Crippen molar-refractivity contribution in [2.24, 2.45) is 5.92 Å². The Kier molecular flexibility index (Phi) is 7.42. The van der Waals surface area contributed by atoms with E-state index in [-0.39, 0.29) is 28.3 Å². The lowest BCUT2D eigenvalue weighted by molar-refractivity contribution is -0.376. The van der Waals surface area contributed by atoms with E-state index in [1.54, 1.807) is 0 Å². The second-order valence-corrected chi connectivity index (χ2v) is 8.37. The highest BCUT2D eigenvalue weighted by Crippen LogP contribution is 2.46. The SMILES string of the molecule is COc1ccc(Cc2cc([C@]3(OC)O[C@](C=O)(CO)[C@@H](C)[C@H](O)[C@H]3O)ccc2Cl)c(F)c1F. The Labute approximate surface area is 194 Å². The van der Waals surface area contributed by atoms with Gasteiger partial charge in [0.25, 0.3) is 0 Å². The molecule has 0 bridgehead atoms. The van der Waals surface area contributed by atoms with Gasteiger partial charge in [-0.3, -0.25) is 0 Å². The first kappa shape index (κ1) is 25.5. The van der Waals surface area contributed by atoms with E-state index in [0.717, 1.165) is 0 Å². The van der Waals surface area contributed by atoms with Crippen molar-refractivity contribution < 1.29 is 43.1 Å². The van der Waals surface area contributed by atoms with Crippen LogP contribution in [0.15, 0.2) is 30.3 Å². The number of aldehydes is 1. The molecular weight excluding hydrogens is 462 g/mol. The number of ether oxygens (including phenoxy) is 3. The molecule has 3 N–H and O–H groups in total. The number of hydrogen-bond donors (Lipinski definition) is 3. The first-order chi connectivity index (χ1) is 15.6. The van der Waals surface area contributed by atoms with Gasteiger partial charge in [-0.05, 0) is 29.3 Å². The number of halogens is 3. The number of aliphatic hydroxyl groups is 3. The van der Waals surface area contributed by atoms with Gasteiger partial charge in [-0.25, -0.2) is 4.39 Å². The van der Waals surface area contributed by atoms with Crippen LogP contribution >= 0.6 is 11.6 Å². The van der Waals surface area contributed by atoms with E-state index >= 15 is 0 Å². The Morgan fingerprint density at radius 3 is 2.42 bits per heavy atom. The fourth-order valence-electron chi connectivity index (χ4n) is 4.08. The zero-order valence-electron chi connectivity index (χ0n) is 18.2. The topological polar surface area (TPSA) is 105 Å². The molecule has 1 aliphatic rings. The van der Waals surface area contributed by atoms with Gasteiger partial charge in [0.15, 0.2) is 23.5 Å². The summed E-state index contributed by atoms with van der Waals surface area (Å²) >= 11 is 6.29. The van der Waals surface area contributed by atoms with Crippen LogP contribution in [0.1, 0.15) is 23.6 Å². The van der Waals surface area contributed by atoms with Crippen LogP contribution in [0.3, 0.4) is 0 Å². The van der Waals surface area contributed by atoms with Crippen molar-refractivity contribution in [1.29, 1.82) is 0 Å². The number of rotatable bonds is 7. The molecule has 10 heteroatoms. The fourth-order valence-corrected chi connectivity index (χ4v) is 4.26. The maximum Gasteiger partial charge on any atom is 0.225 e. The highest BCUT2D eigenvalue weighted by atomic mass is 35.5. The summed E-state index contributed by atoms with van der Waals surface area (Å²) in [5.41, 5.74) is -1.38. The van der Waals surface area contributed by atoms with Gasteiger partial charge < -0.3 is 34.3 Å². The van der Waals surface area contributed by atoms with Crippen LogP contribution in [0.5, 0.6) is 5.75 Å². The van der Waals surface area contributed by atoms with E-state index in [4.69, 9.17) is 25.8 Å². The molecule has 180 valence electrons. The van der Waals surface area contributed by atoms with Gasteiger partial charge in [-0.15, -0.1) is 0 Å². The number of benzene rings is 2. The van der Waals surface area contributed by atoms with Gasteiger partial charge in [-0.1, -0.05) is 30.7 Å². The molecule has 0 saturated carbocycles. The van der Waals surface area contributed by atoms with Crippen LogP contribution < -0.4 is 4.74 Å². The number of hydrogen-bond acceptors (Lipinski definition) is 7. The molecule has 3 rings (SSSR count). The molecule has 2 aromatic carbocycles. The van der Waals surface area contributed by atoms with Crippen molar-refractivity contribution in [3.05, 3.63) is 63.7 Å². The first-order valence-electron chi connectivity index (χ1n) is 10.1. The van der Waals surface area contributed by atoms with Crippen molar-refractivity contribution in [3.63, 3.8) is 0 Å². The second-order valence-electron chi connectivity index (χ2n) is 7.97. The Balaban J connectivity index is 2.09. The molecule has 5 atom stereocenters. The summed E-state index contributed by atoms with van der Waals surface area (Å²) < 4.78 is 44.8. The van der Waals surface area contributed by atoms with E-state index in [1.165, 1.54) is 51.5 Å². The molecule has 2 aromatic rings. The largest absolute Gasteiger partial charge is 0.494 e. The molecular formula is C23H25ClF2O7. The third-order valence-electron chi connectivity index (χ3n) is 6.26. The van der Waals surface area contributed by atoms with Crippen molar-refractivity contribution in [2.45, 2.75) is 36.9 Å². The van der Waals surface area contributed by atoms with Gasteiger partial charge in [0, 0.05) is 30.0 Å². The summed E-state index contributed by atoms with van der Waals surface area (Å²) in [5, 5.41) is 31.6. The highest BCUT2D eigenvalue weighted by molar-refractivity contribution is 6.31. The molecule has 0 unspecified atom stereocenters. The van der Waals surface area contributed by atoms with Crippen LogP contribution in [0.4, 0.5) is 8.78 Å². The highest BCUT2D eigenvalue weighted by Gasteiger charge is 2.60. The summed E-state index contributed by atoms with van der Waals surface area (Å²) in [6.07, 6.45) is -2.93. The fraction of sp³-hybridized carbons (Fsp3) is 0.435. The lowest BCUT2D eigenvalue weighted by atomic mass is 9.76. The van der Waals surface area contributed by atoms with Gasteiger partial charge >= 0.3 is 0 Å². The molecule has 1 aliphatic heterocycles. The summed E-state index contributed by atoms with van der Waals surface area (Å²) in [6, 6.07) is 6.96. The van der Waals surface area contributed by atoms with Gasteiger partial charge in [0.1, 0.15) is 6.10 Å². The Morgan fingerprint density at radius 1 is 1.15 bits per heavy atom. The Hall–Kier alpha value is -2.14. The van der Waals surface area contributed by atoms with Gasteiger partial charge in [0.05, 0.1) is 19.8 Å². The standard InChI is InChI=1S/C23H25ClF2O7/c1-12-20(29)21(30)23(32-3,33-22(12,10-27)11-28)15-5-6-16(24)14(9-15)8-13-4-7-17(31-2)19(26)18(13)25/h4-7,9-10,12,20-21,28-30H,8,11H2,1-3H3/t12-,20-,21+,22+,23-/m0/s1. The normalized spacial score (nSPS) is 29.7. The summed E-state index contributed by atoms with van der Waals surface area (Å²) in [6.45, 7) is 0.676. The van der Waals surface area contributed by atoms with E-state index in [1.807, 2.05) is 0 Å². The minimum Gasteiger partial charge on any atom is -0.494 e.